The molecule has 0 N–H and O–H groups in total. The lowest BCUT2D eigenvalue weighted by molar-refractivity contribution is 0.338. The highest BCUT2D eigenvalue weighted by Crippen LogP contribution is 2.17. The van der Waals surface area contributed by atoms with E-state index in [-0.39, 0.29) is 0 Å². The quantitative estimate of drug-likeness (QED) is 0.516. The maximum absolute atomic E-state index is 4.78. The molecule has 0 amide bonds. The van der Waals surface area contributed by atoms with Crippen molar-refractivity contribution in [3.05, 3.63) is 60.4 Å². The van der Waals surface area contributed by atoms with Gasteiger partial charge in [0.2, 0.25) is 0 Å². The van der Waals surface area contributed by atoms with Crippen LogP contribution in [-0.2, 0) is 4.74 Å². The van der Waals surface area contributed by atoms with Crippen molar-refractivity contribution >= 4 is 10.8 Å². The van der Waals surface area contributed by atoms with Crippen molar-refractivity contribution < 1.29 is 4.74 Å². The molecule has 0 radical (unpaired) electrons. The maximum Gasteiger partial charge on any atom is 0.0908 e. The van der Waals surface area contributed by atoms with Crippen LogP contribution in [0.15, 0.2) is 54.8 Å². The molecule has 1 nitrogen and oxygen atoms in total. The molecule has 0 saturated carbocycles. The molecule has 1 heteroatoms. The molecule has 0 fully saturated rings. The van der Waals surface area contributed by atoms with Gasteiger partial charge in [0, 0.05) is 11.6 Å². The van der Waals surface area contributed by atoms with Crippen LogP contribution in [0.5, 0.6) is 0 Å². The summed E-state index contributed by atoms with van der Waals surface area (Å²) in [5.41, 5.74) is 1.04. The van der Waals surface area contributed by atoms with Crippen LogP contribution < -0.4 is 0 Å². The lowest BCUT2D eigenvalue weighted by Crippen LogP contribution is -1.78. The molecule has 16 heavy (non-hydrogen) atoms. The van der Waals surface area contributed by atoms with Gasteiger partial charge >= 0.3 is 0 Å². The van der Waals surface area contributed by atoms with Gasteiger partial charge in [-0.1, -0.05) is 48.2 Å². The summed E-state index contributed by atoms with van der Waals surface area (Å²) in [6.07, 6.45) is 3.26. The number of ether oxygens (including phenoxy) is 1. The maximum atomic E-state index is 4.78. The van der Waals surface area contributed by atoms with E-state index in [0.29, 0.717) is 0 Å². The number of allylic oxidation sites excluding steroid dienone is 1. The summed E-state index contributed by atoms with van der Waals surface area (Å²) in [7, 11) is 1.61. The minimum absolute atomic E-state index is 1.04. The molecule has 0 aliphatic rings. The monoisotopic (exact) mass is 208 g/mol. The second-order valence-electron chi connectivity index (χ2n) is 3.33. The third kappa shape index (κ3) is 2.24. The van der Waals surface area contributed by atoms with Gasteiger partial charge in [0.25, 0.3) is 0 Å². The van der Waals surface area contributed by atoms with Crippen LogP contribution in [0.2, 0.25) is 0 Å². The summed E-state index contributed by atoms with van der Waals surface area (Å²) in [5.74, 6) is 6.04. The Kier molecular flexibility index (Phi) is 3.25. The highest BCUT2D eigenvalue weighted by Gasteiger charge is 1.95. The van der Waals surface area contributed by atoms with E-state index >= 15 is 0 Å². The van der Waals surface area contributed by atoms with Crippen LogP contribution in [0.1, 0.15) is 5.56 Å². The van der Waals surface area contributed by atoms with E-state index in [1.807, 2.05) is 24.3 Å². The van der Waals surface area contributed by atoms with Crippen molar-refractivity contribution in [1.29, 1.82) is 0 Å². The largest absolute Gasteiger partial charge is 0.504 e. The van der Waals surface area contributed by atoms with Crippen molar-refractivity contribution in [2.24, 2.45) is 0 Å². The van der Waals surface area contributed by atoms with Crippen LogP contribution in [-0.4, -0.2) is 7.11 Å². The molecule has 0 aliphatic carbocycles. The second kappa shape index (κ2) is 5.04. The van der Waals surface area contributed by atoms with Gasteiger partial charge in [-0.15, -0.1) is 0 Å². The van der Waals surface area contributed by atoms with E-state index in [1.54, 1.807) is 19.4 Å². The molecule has 0 aliphatic heterocycles. The third-order valence-corrected chi connectivity index (χ3v) is 2.28. The topological polar surface area (TPSA) is 9.23 Å². The number of hydrogen-bond donors (Lipinski definition) is 0. The molecule has 2 rings (SSSR count). The Morgan fingerprint density at radius 1 is 1.06 bits per heavy atom. The van der Waals surface area contributed by atoms with Crippen molar-refractivity contribution in [3.63, 3.8) is 0 Å². The van der Waals surface area contributed by atoms with Crippen molar-refractivity contribution in [2.75, 3.05) is 7.11 Å². The van der Waals surface area contributed by atoms with Crippen LogP contribution >= 0.6 is 0 Å². The average Bonchev–Trinajstić information content (AvgIpc) is 2.35. The molecule has 0 aromatic heterocycles. The number of benzene rings is 2. The summed E-state index contributed by atoms with van der Waals surface area (Å²) in [5, 5.41) is 2.40. The fraction of sp³-hybridized carbons (Fsp3) is 0.0667. The summed E-state index contributed by atoms with van der Waals surface area (Å²) >= 11 is 0. The lowest BCUT2D eigenvalue weighted by Gasteiger charge is -1.98. The van der Waals surface area contributed by atoms with Gasteiger partial charge in [-0.05, 0) is 16.8 Å². The molecular weight excluding hydrogens is 196 g/mol. The normalized spacial score (nSPS) is 10.1. The smallest absolute Gasteiger partial charge is 0.0908 e. The van der Waals surface area contributed by atoms with Crippen LogP contribution in [0.25, 0.3) is 10.8 Å². The fourth-order valence-corrected chi connectivity index (χ4v) is 1.56. The predicted molar refractivity (Wildman–Crippen MR) is 67.0 cm³/mol. The van der Waals surface area contributed by atoms with E-state index < -0.39 is 0 Å². The van der Waals surface area contributed by atoms with E-state index in [9.17, 15) is 0 Å². The molecule has 2 aromatic carbocycles. The standard InChI is InChI=1S/C15H12O/c1-16-12-5-4-8-14-10-6-9-13-7-2-3-11-15(13)14/h2-3,5-7,9-12H,1H3/b12-5-. The molecule has 0 heterocycles. The number of fused-ring (bicyclic) bond motifs is 1. The predicted octanol–water partition coefficient (Wildman–Crippen LogP) is 3.35. The Hall–Kier alpha value is -2.20. The summed E-state index contributed by atoms with van der Waals surface area (Å²) in [6.45, 7) is 0. The van der Waals surface area contributed by atoms with E-state index in [2.05, 4.69) is 30.0 Å². The Bertz CT molecular complexity index is 565. The van der Waals surface area contributed by atoms with Gasteiger partial charge in [0.15, 0.2) is 0 Å². The summed E-state index contributed by atoms with van der Waals surface area (Å²) in [4.78, 5) is 0. The molecule has 0 saturated heterocycles. The first-order valence-corrected chi connectivity index (χ1v) is 5.09. The van der Waals surface area contributed by atoms with Crippen molar-refractivity contribution in [1.82, 2.24) is 0 Å². The first kappa shape index (κ1) is 10.3. The number of hydrogen-bond acceptors (Lipinski definition) is 1. The summed E-state index contributed by atoms with van der Waals surface area (Å²) in [6, 6.07) is 14.4. The highest BCUT2D eigenvalue weighted by atomic mass is 16.5. The highest BCUT2D eigenvalue weighted by molar-refractivity contribution is 5.88. The van der Waals surface area contributed by atoms with Gasteiger partial charge in [0.1, 0.15) is 0 Å². The molecule has 0 bridgehead atoms. The SMILES string of the molecule is CO/C=C\C#Cc1cccc2ccccc12. The Labute approximate surface area is 95.4 Å². The van der Waals surface area contributed by atoms with Crippen LogP contribution in [0.3, 0.4) is 0 Å². The van der Waals surface area contributed by atoms with Crippen LogP contribution in [0, 0.1) is 11.8 Å². The van der Waals surface area contributed by atoms with Crippen molar-refractivity contribution in [3.8, 4) is 11.8 Å². The minimum atomic E-state index is 1.04. The zero-order valence-electron chi connectivity index (χ0n) is 9.10. The number of rotatable bonds is 1. The molecular formula is C15H12O. The van der Waals surface area contributed by atoms with E-state index in [0.717, 1.165) is 5.56 Å². The molecule has 0 unspecified atom stereocenters. The molecule has 2 aromatic rings. The zero-order chi connectivity index (χ0) is 11.2. The number of methoxy groups -OCH3 is 1. The van der Waals surface area contributed by atoms with Gasteiger partial charge in [0.05, 0.1) is 13.4 Å². The fourth-order valence-electron chi connectivity index (χ4n) is 1.56. The molecule has 0 spiro atoms. The second-order valence-corrected chi connectivity index (χ2v) is 3.33. The minimum Gasteiger partial charge on any atom is -0.504 e. The first-order chi connectivity index (χ1) is 7.92. The van der Waals surface area contributed by atoms with E-state index in [1.165, 1.54) is 10.8 Å². The average molecular weight is 208 g/mol. The molecule has 0 atom stereocenters. The Balaban J connectivity index is 2.43. The van der Waals surface area contributed by atoms with Gasteiger partial charge in [-0.2, -0.15) is 0 Å². The lowest BCUT2D eigenvalue weighted by atomic mass is 10.1. The van der Waals surface area contributed by atoms with Gasteiger partial charge in [-0.3, -0.25) is 0 Å². The van der Waals surface area contributed by atoms with Gasteiger partial charge < -0.3 is 4.74 Å². The van der Waals surface area contributed by atoms with Gasteiger partial charge in [-0.25, -0.2) is 0 Å². The Morgan fingerprint density at radius 2 is 1.88 bits per heavy atom. The third-order valence-electron chi connectivity index (χ3n) is 2.28. The van der Waals surface area contributed by atoms with Crippen molar-refractivity contribution in [2.45, 2.75) is 0 Å². The summed E-state index contributed by atoms with van der Waals surface area (Å²) < 4.78 is 4.78. The zero-order valence-corrected chi connectivity index (χ0v) is 9.10. The van der Waals surface area contributed by atoms with Crippen LogP contribution in [0.4, 0.5) is 0 Å². The first-order valence-electron chi connectivity index (χ1n) is 5.09. The molecule has 78 valence electrons. The van der Waals surface area contributed by atoms with E-state index in [4.69, 9.17) is 4.74 Å². The Morgan fingerprint density at radius 3 is 2.75 bits per heavy atom.